The van der Waals surface area contributed by atoms with E-state index in [4.69, 9.17) is 9.72 Å². The third-order valence-electron chi connectivity index (χ3n) is 6.80. The molecule has 0 spiro atoms. The van der Waals surface area contributed by atoms with Crippen LogP contribution in [0.2, 0.25) is 0 Å². The van der Waals surface area contributed by atoms with Gasteiger partial charge in [0.1, 0.15) is 23.2 Å². The summed E-state index contributed by atoms with van der Waals surface area (Å²) in [7, 11) is 0. The maximum atomic E-state index is 15.4. The topological polar surface area (TPSA) is 83.4 Å². The Kier molecular flexibility index (Phi) is 6.50. The summed E-state index contributed by atoms with van der Waals surface area (Å²) >= 11 is 0. The summed E-state index contributed by atoms with van der Waals surface area (Å²) in [5.41, 5.74) is 4.43. The normalized spacial score (nSPS) is 13.6. The molecule has 5 aromatic rings. The van der Waals surface area contributed by atoms with Crippen molar-refractivity contribution in [1.82, 2.24) is 15.0 Å². The number of phenolic OH excluding ortho intramolecular Hbond substituents is 1. The van der Waals surface area contributed by atoms with E-state index in [1.807, 2.05) is 31.2 Å². The number of aromatic nitrogens is 3. The number of nitrogens with zero attached hydrogens (tertiary/aromatic N) is 4. The number of rotatable bonds is 5. The molecule has 1 aliphatic heterocycles. The summed E-state index contributed by atoms with van der Waals surface area (Å²) in [6.45, 7) is 4.40. The minimum absolute atomic E-state index is 0.111. The van der Waals surface area contributed by atoms with Gasteiger partial charge in [0, 0.05) is 54.8 Å². The quantitative estimate of drug-likeness (QED) is 0.281. The number of pyridine rings is 3. The summed E-state index contributed by atoms with van der Waals surface area (Å²) in [5.74, 6) is -0.595. The molecule has 0 bridgehead atoms. The smallest absolute Gasteiger partial charge is 0.137 e. The molecule has 0 atom stereocenters. The highest BCUT2D eigenvalue weighted by atomic mass is 19.1. The van der Waals surface area contributed by atoms with Gasteiger partial charge in [0.25, 0.3) is 0 Å². The molecule has 2 aromatic carbocycles. The van der Waals surface area contributed by atoms with Gasteiger partial charge in [0.05, 0.1) is 46.9 Å². The van der Waals surface area contributed by atoms with Gasteiger partial charge in [0.15, 0.2) is 0 Å². The van der Waals surface area contributed by atoms with Gasteiger partial charge in [-0.25, -0.2) is 18.7 Å². The van der Waals surface area contributed by atoms with E-state index in [9.17, 15) is 9.50 Å². The Bertz CT molecular complexity index is 1670. The number of aromatic hydroxyl groups is 1. The van der Waals surface area contributed by atoms with Crippen LogP contribution in [0.25, 0.3) is 33.4 Å². The van der Waals surface area contributed by atoms with Crippen LogP contribution in [0.1, 0.15) is 5.56 Å². The number of nitrogens with one attached hydrogen (secondary N) is 1. The van der Waals surface area contributed by atoms with Crippen molar-refractivity contribution in [2.24, 2.45) is 0 Å². The highest BCUT2D eigenvalue weighted by Crippen LogP contribution is 2.40. The van der Waals surface area contributed by atoms with Crippen LogP contribution in [-0.2, 0) is 4.74 Å². The number of ether oxygens (including phenoxy) is 1. The maximum Gasteiger partial charge on any atom is 0.137 e. The summed E-state index contributed by atoms with van der Waals surface area (Å²) in [6, 6.07) is 16.3. The Morgan fingerprint density at radius 1 is 0.974 bits per heavy atom. The lowest BCUT2D eigenvalue weighted by atomic mass is 10.0. The van der Waals surface area contributed by atoms with E-state index < -0.39 is 11.6 Å². The Hall–Kier alpha value is -4.63. The third kappa shape index (κ3) is 4.84. The van der Waals surface area contributed by atoms with E-state index in [-0.39, 0.29) is 16.7 Å². The van der Waals surface area contributed by atoms with Crippen LogP contribution in [0.4, 0.5) is 26.0 Å². The Balaban J connectivity index is 1.57. The second-order valence-corrected chi connectivity index (χ2v) is 9.32. The SMILES string of the molecule is Cc1c(-c2ccccn2)nc2cc(F)cc(F)c2c1Nc1cc(N2CCOCC2)ncc1-c1cccc(O)c1. The summed E-state index contributed by atoms with van der Waals surface area (Å²) < 4.78 is 35.2. The number of fused-ring (bicyclic) bond motifs is 1. The summed E-state index contributed by atoms with van der Waals surface area (Å²) in [4.78, 5) is 15.8. The van der Waals surface area contributed by atoms with Gasteiger partial charge in [-0.15, -0.1) is 0 Å². The molecule has 3 aromatic heterocycles. The fraction of sp³-hybridized carbons (Fsp3) is 0.167. The molecule has 1 saturated heterocycles. The van der Waals surface area contributed by atoms with E-state index in [2.05, 4.69) is 20.2 Å². The molecule has 6 rings (SSSR count). The van der Waals surface area contributed by atoms with Crippen molar-refractivity contribution in [2.75, 3.05) is 36.5 Å². The summed E-state index contributed by atoms with van der Waals surface area (Å²) in [5, 5.41) is 13.8. The minimum atomic E-state index is -0.725. The summed E-state index contributed by atoms with van der Waals surface area (Å²) in [6.07, 6.45) is 3.38. The van der Waals surface area contributed by atoms with Gasteiger partial charge in [-0.1, -0.05) is 18.2 Å². The van der Waals surface area contributed by atoms with Crippen molar-refractivity contribution in [3.8, 4) is 28.3 Å². The molecule has 7 nitrogen and oxygen atoms in total. The van der Waals surface area contributed by atoms with Crippen molar-refractivity contribution < 1.29 is 18.6 Å². The average Bonchev–Trinajstić information content (AvgIpc) is 2.95. The van der Waals surface area contributed by atoms with Crippen molar-refractivity contribution in [2.45, 2.75) is 6.92 Å². The molecule has 0 aliphatic carbocycles. The molecule has 39 heavy (non-hydrogen) atoms. The molecule has 0 radical (unpaired) electrons. The predicted octanol–water partition coefficient (Wildman–Crippen LogP) is 6.23. The molecule has 1 aliphatic rings. The highest BCUT2D eigenvalue weighted by molar-refractivity contribution is 5.99. The molecule has 0 amide bonds. The van der Waals surface area contributed by atoms with Crippen LogP contribution in [0.15, 0.2) is 73.1 Å². The number of halogens is 2. The first-order chi connectivity index (χ1) is 19.0. The lowest BCUT2D eigenvalue weighted by molar-refractivity contribution is 0.122. The second-order valence-electron chi connectivity index (χ2n) is 9.32. The number of hydrogen-bond donors (Lipinski definition) is 2. The van der Waals surface area contributed by atoms with E-state index in [0.717, 1.165) is 17.4 Å². The molecular formula is C30H25F2N5O2. The van der Waals surface area contributed by atoms with Crippen LogP contribution >= 0.6 is 0 Å². The fourth-order valence-electron chi connectivity index (χ4n) is 4.87. The maximum absolute atomic E-state index is 15.4. The minimum Gasteiger partial charge on any atom is -0.508 e. The Morgan fingerprint density at radius 2 is 1.82 bits per heavy atom. The van der Waals surface area contributed by atoms with Crippen LogP contribution < -0.4 is 10.2 Å². The molecular weight excluding hydrogens is 500 g/mol. The van der Waals surface area contributed by atoms with E-state index >= 15 is 4.39 Å². The number of anilines is 3. The lowest BCUT2D eigenvalue weighted by Gasteiger charge is -2.28. The molecule has 196 valence electrons. The lowest BCUT2D eigenvalue weighted by Crippen LogP contribution is -2.36. The molecule has 0 saturated carbocycles. The standard InChI is InChI=1S/C30H25F2N5O2/c1-18-29(24-7-2-3-8-33-24)36-26-15-20(31)14-23(32)28(26)30(18)35-25-16-27(37-9-11-39-12-10-37)34-17-22(25)19-5-4-6-21(38)13-19/h2-8,13-17,38H,9-12H2,1H3,(H,34,35,36). The van der Waals surface area contributed by atoms with Gasteiger partial charge >= 0.3 is 0 Å². The zero-order valence-electron chi connectivity index (χ0n) is 21.2. The second kappa shape index (κ2) is 10.3. The predicted molar refractivity (Wildman–Crippen MR) is 147 cm³/mol. The van der Waals surface area contributed by atoms with Crippen LogP contribution in [-0.4, -0.2) is 46.4 Å². The zero-order valence-corrected chi connectivity index (χ0v) is 21.2. The van der Waals surface area contributed by atoms with Crippen LogP contribution in [0.5, 0.6) is 5.75 Å². The number of benzene rings is 2. The molecule has 9 heteroatoms. The largest absolute Gasteiger partial charge is 0.508 e. The van der Waals surface area contributed by atoms with Crippen molar-refractivity contribution in [3.05, 3.63) is 90.3 Å². The zero-order chi connectivity index (χ0) is 26.9. The number of phenols is 1. The van der Waals surface area contributed by atoms with E-state index in [0.29, 0.717) is 60.2 Å². The molecule has 2 N–H and O–H groups in total. The monoisotopic (exact) mass is 525 g/mol. The molecule has 4 heterocycles. The average molecular weight is 526 g/mol. The number of hydrogen-bond acceptors (Lipinski definition) is 7. The van der Waals surface area contributed by atoms with Crippen molar-refractivity contribution >= 4 is 28.1 Å². The van der Waals surface area contributed by atoms with Crippen LogP contribution in [0, 0.1) is 18.6 Å². The van der Waals surface area contributed by atoms with Gasteiger partial charge in [-0.05, 0) is 36.8 Å². The van der Waals surface area contributed by atoms with Gasteiger partial charge in [-0.2, -0.15) is 0 Å². The van der Waals surface area contributed by atoms with Gasteiger partial charge < -0.3 is 20.1 Å². The van der Waals surface area contributed by atoms with Gasteiger partial charge in [0.2, 0.25) is 0 Å². The van der Waals surface area contributed by atoms with Crippen molar-refractivity contribution in [3.63, 3.8) is 0 Å². The fourth-order valence-corrected chi connectivity index (χ4v) is 4.87. The van der Waals surface area contributed by atoms with E-state index in [1.54, 1.807) is 36.7 Å². The Morgan fingerprint density at radius 3 is 2.59 bits per heavy atom. The first-order valence-corrected chi connectivity index (χ1v) is 12.6. The number of morpholine rings is 1. The van der Waals surface area contributed by atoms with Gasteiger partial charge in [-0.3, -0.25) is 4.98 Å². The van der Waals surface area contributed by atoms with Crippen LogP contribution in [0.3, 0.4) is 0 Å². The molecule has 0 unspecified atom stereocenters. The van der Waals surface area contributed by atoms with E-state index in [1.165, 1.54) is 6.07 Å². The Labute approximate surface area is 223 Å². The van der Waals surface area contributed by atoms with Crippen molar-refractivity contribution in [1.29, 1.82) is 0 Å². The first kappa shape index (κ1) is 24.7. The molecule has 1 fully saturated rings. The highest BCUT2D eigenvalue weighted by Gasteiger charge is 2.21. The third-order valence-corrected chi connectivity index (χ3v) is 6.80. The first-order valence-electron chi connectivity index (χ1n) is 12.6.